The lowest BCUT2D eigenvalue weighted by atomic mass is 9.74. The highest BCUT2D eigenvalue weighted by Gasteiger charge is 2.95. The predicted molar refractivity (Wildman–Crippen MR) is 57.1 cm³/mol. The van der Waals surface area contributed by atoms with Gasteiger partial charge in [-0.3, -0.25) is 0 Å². The molecule has 0 aromatic rings. The Kier molecular flexibility index (Phi) is 1.46. The van der Waals surface area contributed by atoms with Crippen LogP contribution in [0.1, 0.15) is 34.1 Å². The highest BCUT2D eigenvalue weighted by molar-refractivity contribution is 5.34. The summed E-state index contributed by atoms with van der Waals surface area (Å²) in [6, 6.07) is 0. The van der Waals surface area contributed by atoms with Gasteiger partial charge < -0.3 is 29.5 Å². The Morgan fingerprint density at radius 3 is 2.11 bits per heavy atom. The molecule has 0 spiro atoms. The third kappa shape index (κ3) is 0.726. The molecule has 6 nitrogen and oxygen atoms in total. The normalized spacial score (nSPS) is 76.5. The Morgan fingerprint density at radius 1 is 0.889 bits per heavy atom. The van der Waals surface area contributed by atoms with Crippen LogP contribution >= 0.6 is 0 Å². The molecule has 0 aromatic carbocycles. The van der Waals surface area contributed by atoms with E-state index in [1.807, 2.05) is 0 Å². The molecule has 3 aliphatic heterocycles. The lowest BCUT2D eigenvalue weighted by Gasteiger charge is -2.42. The van der Waals surface area contributed by atoms with Crippen molar-refractivity contribution in [2.24, 2.45) is 5.92 Å². The van der Waals surface area contributed by atoms with E-state index >= 15 is 0 Å². The quantitative estimate of drug-likeness (QED) is 0.541. The summed E-state index contributed by atoms with van der Waals surface area (Å²) in [6.45, 7) is 6.47. The van der Waals surface area contributed by atoms with Crippen LogP contribution in [0.5, 0.6) is 0 Å². The van der Waals surface area contributed by atoms with Crippen LogP contribution in [-0.2, 0) is 14.2 Å². The predicted octanol–water partition coefficient (Wildman–Crippen LogP) is -0.541. The number of aliphatic hydroxyl groups is 3. The van der Waals surface area contributed by atoms with Gasteiger partial charge in [-0.1, -0.05) is 0 Å². The summed E-state index contributed by atoms with van der Waals surface area (Å²) < 4.78 is 17.1. The van der Waals surface area contributed by atoms with Gasteiger partial charge in [0.2, 0.25) is 17.4 Å². The van der Waals surface area contributed by atoms with Gasteiger partial charge in [0.15, 0.2) is 0 Å². The molecule has 0 aromatic heterocycles. The molecular weight excluding hydrogens is 240 g/mol. The zero-order chi connectivity index (χ0) is 13.4. The van der Waals surface area contributed by atoms with E-state index in [1.54, 1.807) is 27.7 Å². The van der Waals surface area contributed by atoms with Gasteiger partial charge in [0.05, 0.1) is 11.5 Å². The van der Waals surface area contributed by atoms with Crippen LogP contribution in [0.3, 0.4) is 0 Å². The number of fused-ring (bicyclic) bond motifs is 2. The highest BCUT2D eigenvalue weighted by Crippen LogP contribution is 2.76. The molecule has 0 radical (unpaired) electrons. The van der Waals surface area contributed by atoms with Crippen molar-refractivity contribution in [3.63, 3.8) is 0 Å². The summed E-state index contributed by atoms with van der Waals surface area (Å²) in [5.74, 6) is -5.19. The Labute approximate surface area is 104 Å². The van der Waals surface area contributed by atoms with Gasteiger partial charge in [0.1, 0.15) is 11.2 Å². The number of hydrogen-bond acceptors (Lipinski definition) is 6. The molecule has 1 aliphatic carbocycles. The second kappa shape index (κ2) is 2.28. The minimum absolute atomic E-state index is 0.0378. The maximum Gasteiger partial charge on any atom is 0.232 e. The molecule has 102 valence electrons. The van der Waals surface area contributed by atoms with Crippen LogP contribution in [-0.4, -0.2) is 49.5 Å². The summed E-state index contributed by atoms with van der Waals surface area (Å²) in [5.41, 5.74) is -3.83. The first-order valence-corrected chi connectivity index (χ1v) is 6.22. The maximum absolute atomic E-state index is 10.9. The van der Waals surface area contributed by atoms with Crippen LogP contribution in [0.25, 0.3) is 0 Å². The first-order chi connectivity index (χ1) is 7.94. The Morgan fingerprint density at radius 2 is 1.50 bits per heavy atom. The molecule has 0 unspecified atom stereocenters. The van der Waals surface area contributed by atoms with E-state index in [9.17, 15) is 15.3 Å². The van der Waals surface area contributed by atoms with Crippen molar-refractivity contribution in [3.05, 3.63) is 0 Å². The Bertz CT molecular complexity index is 471. The van der Waals surface area contributed by atoms with Gasteiger partial charge in [-0.05, 0) is 27.7 Å². The van der Waals surface area contributed by atoms with Crippen LogP contribution in [0.4, 0.5) is 0 Å². The molecule has 2 bridgehead atoms. The second-order valence-electron chi connectivity index (χ2n) is 6.81. The zero-order valence-corrected chi connectivity index (χ0v) is 10.9. The fourth-order valence-electron chi connectivity index (χ4n) is 4.71. The van der Waals surface area contributed by atoms with Crippen molar-refractivity contribution in [2.45, 2.75) is 68.3 Å². The minimum atomic E-state index is -1.73. The summed E-state index contributed by atoms with van der Waals surface area (Å²) in [4.78, 5) is 0. The SMILES string of the molecule is C[C@@]12O[C@@]3(C)O[C@]4(C)[C@@H]([C@@]1(O)C[C@@]4(C)O)[C@@]3(O)O2. The highest BCUT2D eigenvalue weighted by atomic mass is 16.9. The lowest BCUT2D eigenvalue weighted by Crippen LogP contribution is -2.61. The number of ether oxygens (including phenoxy) is 3. The smallest absolute Gasteiger partial charge is 0.232 e. The molecular formula is C12H18O6. The van der Waals surface area contributed by atoms with E-state index in [0.717, 1.165) is 0 Å². The van der Waals surface area contributed by atoms with E-state index < -0.39 is 40.1 Å². The van der Waals surface area contributed by atoms with Gasteiger partial charge in [0.25, 0.3) is 0 Å². The molecule has 4 rings (SSSR count). The topological polar surface area (TPSA) is 88.4 Å². The van der Waals surface area contributed by atoms with Crippen LogP contribution in [0.2, 0.25) is 0 Å². The van der Waals surface area contributed by atoms with Crippen LogP contribution in [0, 0.1) is 5.92 Å². The first-order valence-electron chi connectivity index (χ1n) is 6.22. The molecule has 3 saturated heterocycles. The first kappa shape index (κ1) is 11.6. The molecule has 6 heteroatoms. The van der Waals surface area contributed by atoms with Gasteiger partial charge in [-0.2, -0.15) is 0 Å². The molecule has 4 aliphatic rings. The van der Waals surface area contributed by atoms with Crippen molar-refractivity contribution in [2.75, 3.05) is 0 Å². The van der Waals surface area contributed by atoms with Crippen molar-refractivity contribution in [3.8, 4) is 0 Å². The van der Waals surface area contributed by atoms with E-state index in [2.05, 4.69) is 0 Å². The molecule has 7 atom stereocenters. The summed E-state index contributed by atoms with van der Waals surface area (Å²) in [5, 5.41) is 32.3. The summed E-state index contributed by atoms with van der Waals surface area (Å²) >= 11 is 0. The van der Waals surface area contributed by atoms with Gasteiger partial charge in [-0.15, -0.1) is 0 Å². The van der Waals surface area contributed by atoms with E-state index in [4.69, 9.17) is 14.2 Å². The van der Waals surface area contributed by atoms with Gasteiger partial charge in [0, 0.05) is 6.42 Å². The molecule has 0 amide bonds. The van der Waals surface area contributed by atoms with Crippen molar-refractivity contribution in [1.82, 2.24) is 0 Å². The third-order valence-corrected chi connectivity index (χ3v) is 5.69. The average Bonchev–Trinajstić information content (AvgIpc) is 2.52. The second-order valence-corrected chi connectivity index (χ2v) is 6.81. The lowest BCUT2D eigenvalue weighted by molar-refractivity contribution is -0.337. The fourth-order valence-corrected chi connectivity index (χ4v) is 4.71. The van der Waals surface area contributed by atoms with Gasteiger partial charge >= 0.3 is 0 Å². The Hall–Kier alpha value is -0.240. The van der Waals surface area contributed by atoms with Gasteiger partial charge in [-0.25, -0.2) is 0 Å². The third-order valence-electron chi connectivity index (χ3n) is 5.69. The molecule has 3 N–H and O–H groups in total. The molecule has 3 heterocycles. The maximum atomic E-state index is 10.9. The summed E-state index contributed by atoms with van der Waals surface area (Å²) in [6.07, 6.45) is 0.0378. The fraction of sp³-hybridized carbons (Fsp3) is 1.00. The number of hydrogen-bond donors (Lipinski definition) is 3. The largest absolute Gasteiger partial charge is 0.387 e. The monoisotopic (exact) mass is 258 g/mol. The van der Waals surface area contributed by atoms with Crippen molar-refractivity contribution in [1.29, 1.82) is 0 Å². The average molecular weight is 258 g/mol. The van der Waals surface area contributed by atoms with Crippen LogP contribution < -0.4 is 0 Å². The van der Waals surface area contributed by atoms with E-state index in [1.165, 1.54) is 0 Å². The molecule has 1 saturated carbocycles. The van der Waals surface area contributed by atoms with E-state index in [0.29, 0.717) is 0 Å². The van der Waals surface area contributed by atoms with Crippen LogP contribution in [0.15, 0.2) is 0 Å². The van der Waals surface area contributed by atoms with Crippen molar-refractivity contribution >= 4 is 0 Å². The summed E-state index contributed by atoms with van der Waals surface area (Å²) in [7, 11) is 0. The Balaban J connectivity index is 2.05. The molecule has 18 heavy (non-hydrogen) atoms. The molecule has 4 fully saturated rings. The zero-order valence-electron chi connectivity index (χ0n) is 10.9. The number of rotatable bonds is 0. The minimum Gasteiger partial charge on any atom is -0.387 e. The standard InChI is InChI=1S/C12H18O6/c1-7(13)5-11(14)6-8(7,2)16-10(4)12(6,15)18-9(11,3)17-10/h6,13-15H,5H2,1-4H3/t6-,7+,8+,9-,10+,11-,12+/m0/s1. The van der Waals surface area contributed by atoms with E-state index in [-0.39, 0.29) is 6.42 Å². The van der Waals surface area contributed by atoms with Crippen molar-refractivity contribution < 1.29 is 29.5 Å².